The van der Waals surface area contributed by atoms with Crippen molar-refractivity contribution in [2.24, 2.45) is 0 Å². The molecule has 1 amide bonds. The van der Waals surface area contributed by atoms with Crippen LogP contribution in [0, 0.1) is 0 Å². The summed E-state index contributed by atoms with van der Waals surface area (Å²) in [5.41, 5.74) is 3.44. The number of amides is 1. The van der Waals surface area contributed by atoms with Crippen molar-refractivity contribution < 1.29 is 4.79 Å². The maximum atomic E-state index is 11.2. The molecule has 1 aliphatic rings. The quantitative estimate of drug-likeness (QED) is 0.870. The molecule has 1 heterocycles. The first-order chi connectivity index (χ1) is 11.1. The average Bonchev–Trinajstić information content (AvgIpc) is 2.55. The van der Waals surface area contributed by atoms with E-state index in [1.54, 1.807) is 0 Å². The van der Waals surface area contributed by atoms with Gasteiger partial charge >= 0.3 is 0 Å². The summed E-state index contributed by atoms with van der Waals surface area (Å²) in [6.07, 6.45) is 2.15. The summed E-state index contributed by atoms with van der Waals surface area (Å²) in [6.45, 7) is 2.52. The molecule has 2 atom stereocenters. The van der Waals surface area contributed by atoms with E-state index in [-0.39, 0.29) is 5.91 Å². The van der Waals surface area contributed by atoms with Crippen molar-refractivity contribution in [3.63, 3.8) is 0 Å². The predicted molar refractivity (Wildman–Crippen MR) is 94.9 cm³/mol. The number of hydrogen-bond acceptors (Lipinski definition) is 2. The van der Waals surface area contributed by atoms with Gasteiger partial charge in [-0.25, -0.2) is 0 Å². The summed E-state index contributed by atoms with van der Waals surface area (Å²) in [5, 5.41) is 7.22. The number of benzene rings is 2. The molecule has 1 fully saturated rings. The molecule has 0 bridgehead atoms. The van der Waals surface area contributed by atoms with Gasteiger partial charge in [0, 0.05) is 23.7 Å². The van der Waals surface area contributed by atoms with Crippen molar-refractivity contribution >= 4 is 23.2 Å². The van der Waals surface area contributed by atoms with E-state index >= 15 is 0 Å². The van der Waals surface area contributed by atoms with Crippen LogP contribution in [0.3, 0.4) is 0 Å². The van der Waals surface area contributed by atoms with E-state index in [1.165, 1.54) is 18.1 Å². The van der Waals surface area contributed by atoms with Gasteiger partial charge in [-0.05, 0) is 60.7 Å². The molecule has 3 nitrogen and oxygen atoms in total. The lowest BCUT2D eigenvalue weighted by atomic mass is 9.84. The van der Waals surface area contributed by atoms with Gasteiger partial charge in [-0.3, -0.25) is 4.79 Å². The Morgan fingerprint density at radius 2 is 1.96 bits per heavy atom. The minimum Gasteiger partial charge on any atom is -0.326 e. The third-order valence-electron chi connectivity index (χ3n) is 4.35. The largest absolute Gasteiger partial charge is 0.326 e. The monoisotopic (exact) mass is 328 g/mol. The number of carbonyl (C=O) groups is 1. The highest BCUT2D eigenvalue weighted by Crippen LogP contribution is 2.35. The SMILES string of the molecule is CC(=O)Nc1cccc(C2CCNC(c3ccc(Cl)cc3)C2)c1. The molecule has 23 heavy (non-hydrogen) atoms. The lowest BCUT2D eigenvalue weighted by Crippen LogP contribution is -2.30. The Balaban J connectivity index is 1.75. The fraction of sp³-hybridized carbons (Fsp3) is 0.316. The van der Waals surface area contributed by atoms with Crippen molar-refractivity contribution in [3.05, 3.63) is 64.7 Å². The van der Waals surface area contributed by atoms with Crippen molar-refractivity contribution in [1.82, 2.24) is 5.32 Å². The maximum Gasteiger partial charge on any atom is 0.221 e. The fourth-order valence-corrected chi connectivity index (χ4v) is 3.37. The molecule has 0 spiro atoms. The Hall–Kier alpha value is -1.84. The highest BCUT2D eigenvalue weighted by atomic mass is 35.5. The summed E-state index contributed by atoms with van der Waals surface area (Å²) < 4.78 is 0. The smallest absolute Gasteiger partial charge is 0.221 e. The molecule has 1 aliphatic heterocycles. The van der Waals surface area contributed by atoms with Gasteiger partial charge in [0.1, 0.15) is 0 Å². The number of halogens is 1. The second-order valence-corrected chi connectivity index (χ2v) is 6.52. The number of piperidine rings is 1. The number of rotatable bonds is 3. The van der Waals surface area contributed by atoms with Gasteiger partial charge in [-0.1, -0.05) is 35.9 Å². The van der Waals surface area contributed by atoms with Crippen LogP contribution in [0.15, 0.2) is 48.5 Å². The van der Waals surface area contributed by atoms with Crippen molar-refractivity contribution in [1.29, 1.82) is 0 Å². The van der Waals surface area contributed by atoms with Crippen LogP contribution in [-0.4, -0.2) is 12.5 Å². The topological polar surface area (TPSA) is 41.1 Å². The van der Waals surface area contributed by atoms with Crippen LogP contribution in [0.4, 0.5) is 5.69 Å². The van der Waals surface area contributed by atoms with Crippen LogP contribution in [0.2, 0.25) is 5.02 Å². The first-order valence-electron chi connectivity index (χ1n) is 7.98. The Labute approximate surface area is 142 Å². The molecule has 0 saturated carbocycles. The minimum atomic E-state index is -0.0356. The molecule has 2 aromatic rings. The first-order valence-corrected chi connectivity index (χ1v) is 8.36. The molecule has 1 saturated heterocycles. The standard InChI is InChI=1S/C19H21ClN2O/c1-13(23)22-18-4-2-3-15(11-18)16-9-10-21-19(12-16)14-5-7-17(20)8-6-14/h2-8,11,16,19,21H,9-10,12H2,1H3,(H,22,23). The van der Waals surface area contributed by atoms with Gasteiger partial charge in [0.25, 0.3) is 0 Å². The summed E-state index contributed by atoms with van der Waals surface area (Å²) in [4.78, 5) is 11.2. The van der Waals surface area contributed by atoms with Gasteiger partial charge in [0.2, 0.25) is 5.91 Å². The molecular formula is C19H21ClN2O. The average molecular weight is 329 g/mol. The Kier molecular flexibility index (Phi) is 4.99. The van der Waals surface area contributed by atoms with E-state index in [0.717, 1.165) is 30.1 Å². The van der Waals surface area contributed by atoms with E-state index in [1.807, 2.05) is 24.3 Å². The van der Waals surface area contributed by atoms with E-state index in [9.17, 15) is 4.79 Å². The van der Waals surface area contributed by atoms with Gasteiger partial charge in [0.05, 0.1) is 0 Å². The Morgan fingerprint density at radius 1 is 1.17 bits per heavy atom. The molecule has 0 aromatic heterocycles. The number of anilines is 1. The zero-order valence-electron chi connectivity index (χ0n) is 13.2. The normalized spacial score (nSPS) is 21.0. The highest BCUT2D eigenvalue weighted by molar-refractivity contribution is 6.30. The Bertz CT molecular complexity index is 684. The zero-order valence-corrected chi connectivity index (χ0v) is 13.9. The molecular weight excluding hydrogens is 308 g/mol. The molecule has 3 rings (SSSR count). The third-order valence-corrected chi connectivity index (χ3v) is 4.61. The van der Waals surface area contributed by atoms with Crippen molar-refractivity contribution in [2.45, 2.75) is 31.7 Å². The second-order valence-electron chi connectivity index (χ2n) is 6.09. The molecule has 4 heteroatoms. The Morgan fingerprint density at radius 3 is 2.70 bits per heavy atom. The summed E-state index contributed by atoms with van der Waals surface area (Å²) in [6, 6.07) is 16.6. The van der Waals surface area contributed by atoms with Gasteiger partial charge in [-0.15, -0.1) is 0 Å². The lowest BCUT2D eigenvalue weighted by Gasteiger charge is -2.31. The van der Waals surface area contributed by atoms with Crippen molar-refractivity contribution in [3.8, 4) is 0 Å². The summed E-state index contributed by atoms with van der Waals surface area (Å²) >= 11 is 5.98. The molecule has 120 valence electrons. The van der Waals surface area contributed by atoms with E-state index in [4.69, 9.17) is 11.6 Å². The first kappa shape index (κ1) is 16.0. The van der Waals surface area contributed by atoms with Crippen LogP contribution in [-0.2, 0) is 4.79 Å². The van der Waals surface area contributed by atoms with Crippen LogP contribution in [0.5, 0.6) is 0 Å². The molecule has 0 radical (unpaired) electrons. The summed E-state index contributed by atoms with van der Waals surface area (Å²) in [5.74, 6) is 0.456. The van der Waals surface area contributed by atoms with Gasteiger partial charge < -0.3 is 10.6 Å². The van der Waals surface area contributed by atoms with Crippen LogP contribution in [0.25, 0.3) is 0 Å². The maximum absolute atomic E-state index is 11.2. The van der Waals surface area contributed by atoms with Gasteiger partial charge in [0.15, 0.2) is 0 Å². The van der Waals surface area contributed by atoms with Crippen LogP contribution in [0.1, 0.15) is 42.9 Å². The van der Waals surface area contributed by atoms with Crippen LogP contribution < -0.4 is 10.6 Å². The molecule has 2 unspecified atom stereocenters. The molecule has 0 aliphatic carbocycles. The highest BCUT2D eigenvalue weighted by Gasteiger charge is 2.24. The number of carbonyl (C=O) groups excluding carboxylic acids is 1. The zero-order chi connectivity index (χ0) is 16.2. The van der Waals surface area contributed by atoms with E-state index < -0.39 is 0 Å². The lowest BCUT2D eigenvalue weighted by molar-refractivity contribution is -0.114. The van der Waals surface area contributed by atoms with E-state index in [2.05, 4.69) is 34.9 Å². The van der Waals surface area contributed by atoms with Crippen molar-refractivity contribution in [2.75, 3.05) is 11.9 Å². The molecule has 2 N–H and O–H groups in total. The second kappa shape index (κ2) is 7.16. The summed E-state index contributed by atoms with van der Waals surface area (Å²) in [7, 11) is 0. The number of nitrogens with one attached hydrogen (secondary N) is 2. The number of hydrogen-bond donors (Lipinski definition) is 2. The van der Waals surface area contributed by atoms with Gasteiger partial charge in [-0.2, -0.15) is 0 Å². The minimum absolute atomic E-state index is 0.0356. The fourth-order valence-electron chi connectivity index (χ4n) is 3.24. The van der Waals surface area contributed by atoms with E-state index in [0.29, 0.717) is 12.0 Å². The van der Waals surface area contributed by atoms with Crippen LogP contribution >= 0.6 is 11.6 Å². The predicted octanol–water partition coefficient (Wildman–Crippen LogP) is 4.51. The molecule has 2 aromatic carbocycles. The third kappa shape index (κ3) is 4.12.